The zero-order chi connectivity index (χ0) is 14.9. The molecular weight excluding hydrogens is 267 g/mol. The third-order valence-corrected chi connectivity index (χ3v) is 4.91. The molecule has 3 rings (SSSR count). The standard InChI is InChI=1S/C17H25FN2O/c1-19(2)16-7-10-21-17(11-16)8-9-20(13-17)12-14-3-5-15(18)6-4-14/h3-6,16H,7-13H2,1-2H3/t16-,17+/m0/s1. The summed E-state index contributed by atoms with van der Waals surface area (Å²) in [6.07, 6.45) is 3.37. The van der Waals surface area contributed by atoms with Crippen molar-refractivity contribution in [2.45, 2.75) is 37.5 Å². The van der Waals surface area contributed by atoms with Gasteiger partial charge in [-0.25, -0.2) is 4.39 Å². The number of rotatable bonds is 3. The quantitative estimate of drug-likeness (QED) is 0.851. The number of hydrogen-bond acceptors (Lipinski definition) is 3. The van der Waals surface area contributed by atoms with Crippen LogP contribution >= 0.6 is 0 Å². The fraction of sp³-hybridized carbons (Fsp3) is 0.647. The summed E-state index contributed by atoms with van der Waals surface area (Å²) in [5.41, 5.74) is 1.21. The van der Waals surface area contributed by atoms with Crippen LogP contribution in [0, 0.1) is 5.82 Å². The van der Waals surface area contributed by atoms with E-state index in [1.807, 2.05) is 12.1 Å². The van der Waals surface area contributed by atoms with Crippen LogP contribution in [0.15, 0.2) is 24.3 Å². The molecule has 2 aliphatic rings. The molecule has 1 spiro atoms. The van der Waals surface area contributed by atoms with Gasteiger partial charge < -0.3 is 9.64 Å². The fourth-order valence-electron chi connectivity index (χ4n) is 3.64. The lowest BCUT2D eigenvalue weighted by atomic mass is 9.89. The van der Waals surface area contributed by atoms with Gasteiger partial charge in [-0.15, -0.1) is 0 Å². The van der Waals surface area contributed by atoms with Crippen molar-refractivity contribution in [3.05, 3.63) is 35.6 Å². The molecule has 3 nitrogen and oxygen atoms in total. The third-order valence-electron chi connectivity index (χ3n) is 4.91. The summed E-state index contributed by atoms with van der Waals surface area (Å²) < 4.78 is 19.1. The van der Waals surface area contributed by atoms with E-state index in [0.717, 1.165) is 45.5 Å². The topological polar surface area (TPSA) is 15.7 Å². The van der Waals surface area contributed by atoms with Gasteiger partial charge in [0.2, 0.25) is 0 Å². The minimum absolute atomic E-state index is 0.0349. The first-order chi connectivity index (χ1) is 10.1. The second-order valence-electron chi connectivity index (χ2n) is 6.73. The van der Waals surface area contributed by atoms with Crippen LogP contribution in [0.5, 0.6) is 0 Å². The molecule has 2 fully saturated rings. The van der Waals surface area contributed by atoms with Crippen molar-refractivity contribution in [2.75, 3.05) is 33.8 Å². The summed E-state index contributed by atoms with van der Waals surface area (Å²) in [6, 6.07) is 7.47. The predicted molar refractivity (Wildman–Crippen MR) is 81.7 cm³/mol. The van der Waals surface area contributed by atoms with Crippen LogP contribution in [0.3, 0.4) is 0 Å². The van der Waals surface area contributed by atoms with Gasteiger partial charge in [-0.3, -0.25) is 4.90 Å². The maximum Gasteiger partial charge on any atom is 0.123 e. The van der Waals surface area contributed by atoms with Crippen LogP contribution in [0.1, 0.15) is 24.8 Å². The van der Waals surface area contributed by atoms with Crippen LogP contribution in [0.4, 0.5) is 4.39 Å². The molecule has 0 saturated carbocycles. The number of halogens is 1. The molecular formula is C17H25FN2O. The molecule has 2 saturated heterocycles. The maximum absolute atomic E-state index is 13.0. The maximum atomic E-state index is 13.0. The fourth-order valence-corrected chi connectivity index (χ4v) is 3.64. The summed E-state index contributed by atoms with van der Waals surface area (Å²) in [4.78, 5) is 4.76. The average Bonchev–Trinajstić information content (AvgIpc) is 2.84. The number of hydrogen-bond donors (Lipinski definition) is 0. The Morgan fingerprint density at radius 3 is 2.81 bits per heavy atom. The molecule has 1 aromatic carbocycles. The van der Waals surface area contributed by atoms with Gasteiger partial charge in [0.15, 0.2) is 0 Å². The van der Waals surface area contributed by atoms with Gasteiger partial charge >= 0.3 is 0 Å². The van der Waals surface area contributed by atoms with Crippen LogP contribution in [0.25, 0.3) is 0 Å². The summed E-state index contributed by atoms with van der Waals surface area (Å²) in [5, 5.41) is 0. The van der Waals surface area contributed by atoms with Gasteiger partial charge in [0.25, 0.3) is 0 Å². The molecule has 116 valence electrons. The largest absolute Gasteiger partial charge is 0.373 e. The van der Waals surface area contributed by atoms with Gasteiger partial charge in [-0.05, 0) is 51.1 Å². The Kier molecular flexibility index (Phi) is 4.29. The van der Waals surface area contributed by atoms with Crippen LogP contribution in [-0.2, 0) is 11.3 Å². The minimum Gasteiger partial charge on any atom is -0.373 e. The van der Waals surface area contributed by atoms with Gasteiger partial charge in [0, 0.05) is 32.3 Å². The van der Waals surface area contributed by atoms with Crippen molar-refractivity contribution in [3.63, 3.8) is 0 Å². The Labute approximate surface area is 126 Å². The van der Waals surface area contributed by atoms with Crippen molar-refractivity contribution < 1.29 is 9.13 Å². The Morgan fingerprint density at radius 2 is 2.10 bits per heavy atom. The lowest BCUT2D eigenvalue weighted by molar-refractivity contribution is -0.0932. The molecule has 0 bridgehead atoms. The number of ether oxygens (including phenoxy) is 1. The SMILES string of the molecule is CN(C)[C@H]1CCO[C@]2(CCN(Cc3ccc(F)cc3)C2)C1. The number of likely N-dealkylation sites (tertiary alicyclic amines) is 1. The Balaban J connectivity index is 1.60. The van der Waals surface area contributed by atoms with E-state index < -0.39 is 0 Å². The molecule has 0 N–H and O–H groups in total. The van der Waals surface area contributed by atoms with Gasteiger partial charge in [-0.2, -0.15) is 0 Å². The Bertz CT molecular complexity index is 476. The van der Waals surface area contributed by atoms with Crippen molar-refractivity contribution in [3.8, 4) is 0 Å². The Hall–Kier alpha value is -0.970. The van der Waals surface area contributed by atoms with Gasteiger partial charge in [-0.1, -0.05) is 12.1 Å². The van der Waals surface area contributed by atoms with Gasteiger partial charge in [0.1, 0.15) is 5.82 Å². The average molecular weight is 292 g/mol. The second-order valence-corrected chi connectivity index (χ2v) is 6.73. The van der Waals surface area contributed by atoms with Crippen molar-refractivity contribution in [2.24, 2.45) is 0 Å². The van der Waals surface area contributed by atoms with Crippen molar-refractivity contribution in [1.82, 2.24) is 9.80 Å². The summed E-state index contributed by atoms with van der Waals surface area (Å²) in [6.45, 7) is 3.82. The predicted octanol–water partition coefficient (Wildman–Crippen LogP) is 2.51. The summed E-state index contributed by atoms with van der Waals surface area (Å²) in [7, 11) is 4.32. The van der Waals surface area contributed by atoms with Crippen molar-refractivity contribution >= 4 is 0 Å². The molecule has 0 unspecified atom stereocenters. The van der Waals surface area contributed by atoms with Crippen LogP contribution in [-0.4, -0.2) is 55.2 Å². The van der Waals surface area contributed by atoms with E-state index in [1.165, 1.54) is 5.56 Å². The number of benzene rings is 1. The normalized spacial score (nSPS) is 30.4. The summed E-state index contributed by atoms with van der Waals surface area (Å²) in [5.74, 6) is -0.166. The first-order valence-corrected chi connectivity index (χ1v) is 7.84. The summed E-state index contributed by atoms with van der Waals surface area (Å²) >= 11 is 0. The molecule has 2 atom stereocenters. The lowest BCUT2D eigenvalue weighted by Crippen LogP contribution is -2.48. The van der Waals surface area contributed by atoms with Crippen molar-refractivity contribution in [1.29, 1.82) is 0 Å². The van der Waals surface area contributed by atoms with E-state index in [0.29, 0.717) is 6.04 Å². The molecule has 0 radical (unpaired) electrons. The smallest absolute Gasteiger partial charge is 0.123 e. The van der Waals surface area contributed by atoms with E-state index in [9.17, 15) is 4.39 Å². The van der Waals surface area contributed by atoms with E-state index in [2.05, 4.69) is 23.9 Å². The monoisotopic (exact) mass is 292 g/mol. The highest BCUT2D eigenvalue weighted by Crippen LogP contribution is 2.35. The highest BCUT2D eigenvalue weighted by atomic mass is 19.1. The van der Waals surface area contributed by atoms with E-state index in [1.54, 1.807) is 12.1 Å². The molecule has 2 aliphatic heterocycles. The lowest BCUT2D eigenvalue weighted by Gasteiger charge is -2.40. The molecule has 2 heterocycles. The van der Waals surface area contributed by atoms with E-state index in [-0.39, 0.29) is 11.4 Å². The van der Waals surface area contributed by atoms with E-state index in [4.69, 9.17) is 4.74 Å². The van der Waals surface area contributed by atoms with Crippen LogP contribution < -0.4 is 0 Å². The van der Waals surface area contributed by atoms with E-state index >= 15 is 0 Å². The first kappa shape index (κ1) is 14.9. The van der Waals surface area contributed by atoms with Gasteiger partial charge in [0.05, 0.1) is 5.60 Å². The highest BCUT2D eigenvalue weighted by molar-refractivity contribution is 5.16. The zero-order valence-corrected chi connectivity index (χ0v) is 13.0. The Morgan fingerprint density at radius 1 is 1.33 bits per heavy atom. The first-order valence-electron chi connectivity index (χ1n) is 7.84. The molecule has 1 aromatic rings. The third kappa shape index (κ3) is 3.44. The molecule has 4 heteroatoms. The minimum atomic E-state index is -0.166. The molecule has 0 aromatic heterocycles. The van der Waals surface area contributed by atoms with Crippen LogP contribution in [0.2, 0.25) is 0 Å². The molecule has 21 heavy (non-hydrogen) atoms. The molecule has 0 amide bonds. The highest BCUT2D eigenvalue weighted by Gasteiger charge is 2.43. The molecule has 0 aliphatic carbocycles. The second kappa shape index (κ2) is 6.03. The zero-order valence-electron chi connectivity index (χ0n) is 13.0. The number of nitrogens with zero attached hydrogens (tertiary/aromatic N) is 2.